The fourth-order valence-electron chi connectivity index (χ4n) is 5.87. The monoisotopic (exact) mass is 462 g/mol. The summed E-state index contributed by atoms with van der Waals surface area (Å²) in [5, 5.41) is 10.5. The zero-order valence-corrected chi connectivity index (χ0v) is 20.1. The lowest BCUT2D eigenvalue weighted by molar-refractivity contribution is -0.125. The first kappa shape index (κ1) is 22.5. The fourth-order valence-corrected chi connectivity index (χ4v) is 5.87. The van der Waals surface area contributed by atoms with Crippen LogP contribution < -0.4 is 15.5 Å². The van der Waals surface area contributed by atoms with Crippen LogP contribution in [0, 0.1) is 36.0 Å². The molecule has 35 heavy (non-hydrogen) atoms. The number of nitrogens with zero attached hydrogens (tertiary/aromatic N) is 3. The Labute approximate surface area is 205 Å². The van der Waals surface area contributed by atoms with E-state index < -0.39 is 11.3 Å². The Balaban J connectivity index is 1.92. The van der Waals surface area contributed by atoms with Crippen molar-refractivity contribution in [2.75, 3.05) is 16.3 Å². The van der Waals surface area contributed by atoms with Gasteiger partial charge < -0.3 is 5.73 Å². The number of terminal acetylenes is 1. The second-order valence-electron chi connectivity index (χ2n) is 10.2. The summed E-state index contributed by atoms with van der Waals surface area (Å²) in [5.74, 6) is 2.15. The molecule has 5 rings (SSSR count). The predicted molar refractivity (Wildman–Crippen MR) is 135 cm³/mol. The molecule has 1 atom stereocenters. The van der Waals surface area contributed by atoms with E-state index >= 15 is 0 Å². The van der Waals surface area contributed by atoms with Crippen LogP contribution in [0.3, 0.4) is 0 Å². The molecular weight excluding hydrogens is 436 g/mol. The number of para-hydroxylation sites is 1. The molecule has 2 heterocycles. The highest BCUT2D eigenvalue weighted by Crippen LogP contribution is 2.58. The number of fused-ring (bicyclic) bond motifs is 3. The molecule has 174 valence electrons. The SMILES string of the molecule is C#CCN1C(=O)C2(C(C#N)=C(N)N(c3cccc(C)c3)C3=C2C(=O)CC(C)(C)C3)c2ccccc21. The molecule has 0 fully saturated rings. The lowest BCUT2D eigenvalue weighted by atomic mass is 9.60. The number of hydrogen-bond acceptors (Lipinski definition) is 5. The first-order valence-electron chi connectivity index (χ1n) is 11.6. The van der Waals surface area contributed by atoms with Gasteiger partial charge in [-0.15, -0.1) is 6.42 Å². The second kappa shape index (κ2) is 7.61. The van der Waals surface area contributed by atoms with Crippen LogP contribution in [-0.2, 0) is 15.0 Å². The third kappa shape index (κ3) is 2.97. The minimum absolute atomic E-state index is 0.0279. The van der Waals surface area contributed by atoms with E-state index in [-0.39, 0.29) is 35.6 Å². The zero-order valence-electron chi connectivity index (χ0n) is 20.1. The van der Waals surface area contributed by atoms with Gasteiger partial charge in [0.15, 0.2) is 5.78 Å². The van der Waals surface area contributed by atoms with E-state index in [1.165, 1.54) is 4.90 Å². The van der Waals surface area contributed by atoms with Crippen LogP contribution >= 0.6 is 0 Å². The number of nitrogens with two attached hydrogens (primary N) is 1. The van der Waals surface area contributed by atoms with Gasteiger partial charge in [0.1, 0.15) is 17.3 Å². The number of allylic oxidation sites excluding steroid dienone is 1. The van der Waals surface area contributed by atoms with E-state index in [2.05, 4.69) is 12.0 Å². The first-order valence-corrected chi connectivity index (χ1v) is 11.6. The number of ketones is 1. The summed E-state index contributed by atoms with van der Waals surface area (Å²) in [6.07, 6.45) is 6.40. The van der Waals surface area contributed by atoms with Crippen molar-refractivity contribution >= 4 is 23.1 Å². The number of carbonyl (C=O) groups excluding carboxylic acids is 2. The summed E-state index contributed by atoms with van der Waals surface area (Å²) >= 11 is 0. The largest absolute Gasteiger partial charge is 0.384 e. The van der Waals surface area contributed by atoms with Gasteiger partial charge in [0.2, 0.25) is 5.91 Å². The van der Waals surface area contributed by atoms with Crippen molar-refractivity contribution in [2.24, 2.45) is 11.1 Å². The molecule has 2 aromatic rings. The molecule has 0 saturated heterocycles. The second-order valence-corrected chi connectivity index (χ2v) is 10.2. The van der Waals surface area contributed by atoms with Crippen molar-refractivity contribution in [1.82, 2.24) is 0 Å². The van der Waals surface area contributed by atoms with Crippen molar-refractivity contribution < 1.29 is 9.59 Å². The molecule has 0 radical (unpaired) electrons. The Morgan fingerprint density at radius 3 is 2.54 bits per heavy atom. The Morgan fingerprint density at radius 2 is 1.86 bits per heavy atom. The van der Waals surface area contributed by atoms with Crippen molar-refractivity contribution in [3.05, 3.63) is 82.3 Å². The molecule has 6 heteroatoms. The van der Waals surface area contributed by atoms with Gasteiger partial charge in [0, 0.05) is 34.6 Å². The summed E-state index contributed by atoms with van der Waals surface area (Å²) in [7, 11) is 0. The maximum Gasteiger partial charge on any atom is 0.248 e. The van der Waals surface area contributed by atoms with Crippen molar-refractivity contribution in [3.8, 4) is 18.4 Å². The topological polar surface area (TPSA) is 90.4 Å². The van der Waals surface area contributed by atoms with Crippen molar-refractivity contribution in [3.63, 3.8) is 0 Å². The van der Waals surface area contributed by atoms with Crippen LogP contribution in [0.2, 0.25) is 0 Å². The van der Waals surface area contributed by atoms with Gasteiger partial charge in [-0.05, 0) is 42.5 Å². The van der Waals surface area contributed by atoms with E-state index in [1.54, 1.807) is 17.0 Å². The van der Waals surface area contributed by atoms with E-state index in [1.807, 2.05) is 57.2 Å². The molecule has 1 spiro atoms. The third-order valence-corrected chi connectivity index (χ3v) is 7.16. The maximum absolute atomic E-state index is 14.3. The van der Waals surface area contributed by atoms with E-state index in [0.717, 1.165) is 11.3 Å². The Kier molecular flexibility index (Phi) is 4.90. The lowest BCUT2D eigenvalue weighted by Gasteiger charge is -2.47. The average Bonchev–Trinajstić information content (AvgIpc) is 3.02. The molecule has 1 amide bonds. The minimum atomic E-state index is -1.62. The van der Waals surface area contributed by atoms with Crippen LogP contribution in [-0.4, -0.2) is 18.2 Å². The van der Waals surface area contributed by atoms with Gasteiger partial charge in [-0.1, -0.05) is 50.1 Å². The molecule has 3 aliphatic rings. The van der Waals surface area contributed by atoms with Crippen molar-refractivity contribution in [1.29, 1.82) is 5.26 Å². The number of benzene rings is 2. The summed E-state index contributed by atoms with van der Waals surface area (Å²) in [6, 6.07) is 17.2. The standard InChI is InChI=1S/C29H26N4O2/c1-5-13-32-22-12-7-6-11-20(22)29(27(32)35)21(17-30)26(31)33(19-10-8-9-18(2)14-19)23-15-28(3,4)16-24(34)25(23)29/h1,6-12,14H,13,15-16,31H2,2-4H3. The normalized spacial score (nSPS) is 22.8. The van der Waals surface area contributed by atoms with Gasteiger partial charge in [-0.25, -0.2) is 0 Å². The van der Waals surface area contributed by atoms with Crippen LogP contribution in [0.4, 0.5) is 11.4 Å². The molecule has 0 bridgehead atoms. The molecule has 0 saturated carbocycles. The van der Waals surface area contributed by atoms with E-state index in [0.29, 0.717) is 28.9 Å². The average molecular weight is 463 g/mol. The van der Waals surface area contributed by atoms with Gasteiger partial charge in [-0.3, -0.25) is 19.4 Å². The van der Waals surface area contributed by atoms with Gasteiger partial charge >= 0.3 is 0 Å². The van der Waals surface area contributed by atoms with Crippen LogP contribution in [0.25, 0.3) is 0 Å². The molecule has 2 N–H and O–H groups in total. The van der Waals surface area contributed by atoms with Crippen LogP contribution in [0.5, 0.6) is 0 Å². The number of Topliss-reactive ketones (excluding diaryl/α,β-unsaturated/α-hetero) is 1. The van der Waals surface area contributed by atoms with Crippen LogP contribution in [0.15, 0.2) is 71.2 Å². The highest BCUT2D eigenvalue weighted by molar-refractivity contribution is 6.21. The zero-order chi connectivity index (χ0) is 25.1. The number of aryl methyl sites for hydroxylation is 1. The smallest absolute Gasteiger partial charge is 0.248 e. The summed E-state index contributed by atoms with van der Waals surface area (Å²) in [4.78, 5) is 31.5. The molecule has 1 unspecified atom stereocenters. The highest BCUT2D eigenvalue weighted by Gasteiger charge is 2.63. The Hall–Kier alpha value is -4.29. The third-order valence-electron chi connectivity index (χ3n) is 7.16. The van der Waals surface area contributed by atoms with Gasteiger partial charge in [0.05, 0.1) is 12.1 Å². The summed E-state index contributed by atoms with van der Waals surface area (Å²) in [5.41, 5.74) is 8.82. The number of rotatable bonds is 2. The van der Waals surface area contributed by atoms with E-state index in [9.17, 15) is 14.9 Å². The lowest BCUT2D eigenvalue weighted by Crippen LogP contribution is -2.53. The number of nitriles is 1. The number of anilines is 2. The fraction of sp³-hybridized carbons (Fsp3) is 0.276. The maximum atomic E-state index is 14.3. The molecule has 2 aliphatic heterocycles. The Bertz CT molecular complexity index is 1450. The van der Waals surface area contributed by atoms with Crippen molar-refractivity contribution in [2.45, 2.75) is 39.0 Å². The highest BCUT2D eigenvalue weighted by atomic mass is 16.2. The first-order chi connectivity index (χ1) is 16.7. The van der Waals surface area contributed by atoms with Gasteiger partial charge in [-0.2, -0.15) is 5.26 Å². The van der Waals surface area contributed by atoms with Gasteiger partial charge in [0.25, 0.3) is 0 Å². The Morgan fingerprint density at radius 1 is 1.11 bits per heavy atom. The summed E-state index contributed by atoms with van der Waals surface area (Å²) < 4.78 is 0. The summed E-state index contributed by atoms with van der Waals surface area (Å²) in [6.45, 7) is 6.06. The van der Waals surface area contributed by atoms with E-state index in [4.69, 9.17) is 12.2 Å². The molecule has 2 aromatic carbocycles. The predicted octanol–water partition coefficient (Wildman–Crippen LogP) is 4.07. The number of amides is 1. The van der Waals surface area contributed by atoms with Crippen LogP contribution in [0.1, 0.15) is 37.8 Å². The number of hydrogen-bond donors (Lipinski definition) is 1. The molecule has 1 aliphatic carbocycles. The molecule has 6 nitrogen and oxygen atoms in total. The quantitative estimate of drug-likeness (QED) is 0.680. The molecular formula is C29H26N4O2. The number of carbonyl (C=O) groups is 2. The molecule has 0 aromatic heterocycles. The minimum Gasteiger partial charge on any atom is -0.384 e.